The molecule has 25 heavy (non-hydrogen) atoms. The van der Waals surface area contributed by atoms with E-state index in [0.717, 1.165) is 5.56 Å². The number of amides is 1. The van der Waals surface area contributed by atoms with Crippen molar-refractivity contribution in [2.75, 3.05) is 19.6 Å². The standard InChI is InChI=1S/C20H21FN2O2/c1-2-19(24)14-6-8-15(9-7-14)20(25)23-11-10-22-13-18(23)16-4-3-5-17(21)12-16/h3-9,12,18,22H,2,10-11,13H2,1H3. The van der Waals surface area contributed by atoms with E-state index in [1.165, 1.54) is 12.1 Å². The Morgan fingerprint density at radius 3 is 2.56 bits per heavy atom. The number of rotatable bonds is 4. The van der Waals surface area contributed by atoms with Gasteiger partial charge in [0.05, 0.1) is 6.04 Å². The molecule has 0 aliphatic carbocycles. The van der Waals surface area contributed by atoms with Crippen LogP contribution >= 0.6 is 0 Å². The summed E-state index contributed by atoms with van der Waals surface area (Å²) in [6.45, 7) is 3.65. The van der Waals surface area contributed by atoms with E-state index in [4.69, 9.17) is 0 Å². The zero-order valence-electron chi connectivity index (χ0n) is 14.2. The van der Waals surface area contributed by atoms with E-state index in [0.29, 0.717) is 37.2 Å². The highest BCUT2D eigenvalue weighted by Crippen LogP contribution is 2.25. The SMILES string of the molecule is CCC(=O)c1ccc(C(=O)N2CCNCC2c2cccc(F)c2)cc1. The molecule has 4 nitrogen and oxygen atoms in total. The lowest BCUT2D eigenvalue weighted by molar-refractivity contribution is 0.0633. The molecule has 1 unspecified atom stereocenters. The van der Waals surface area contributed by atoms with Gasteiger partial charge >= 0.3 is 0 Å². The molecule has 1 N–H and O–H groups in total. The molecule has 1 heterocycles. The molecule has 2 aromatic rings. The zero-order chi connectivity index (χ0) is 17.8. The molecule has 1 aliphatic rings. The third-order valence-corrected chi connectivity index (χ3v) is 4.51. The second kappa shape index (κ2) is 7.57. The smallest absolute Gasteiger partial charge is 0.254 e. The topological polar surface area (TPSA) is 49.4 Å². The minimum atomic E-state index is -0.307. The van der Waals surface area contributed by atoms with E-state index in [1.54, 1.807) is 35.2 Å². The van der Waals surface area contributed by atoms with Gasteiger partial charge in [0, 0.05) is 37.2 Å². The number of hydrogen-bond donors (Lipinski definition) is 1. The van der Waals surface area contributed by atoms with Crippen molar-refractivity contribution in [1.82, 2.24) is 10.2 Å². The van der Waals surface area contributed by atoms with Gasteiger partial charge in [0.25, 0.3) is 5.91 Å². The average molecular weight is 340 g/mol. The summed E-state index contributed by atoms with van der Waals surface area (Å²) in [5.74, 6) is -0.358. The Morgan fingerprint density at radius 1 is 1.16 bits per heavy atom. The Hall–Kier alpha value is -2.53. The number of nitrogens with one attached hydrogen (secondary N) is 1. The molecule has 1 saturated heterocycles. The van der Waals surface area contributed by atoms with Crippen LogP contribution in [0.2, 0.25) is 0 Å². The molecule has 5 heteroatoms. The number of piperazine rings is 1. The summed E-state index contributed by atoms with van der Waals surface area (Å²) in [5.41, 5.74) is 1.93. The van der Waals surface area contributed by atoms with Gasteiger partial charge in [-0.15, -0.1) is 0 Å². The third-order valence-electron chi connectivity index (χ3n) is 4.51. The Balaban J connectivity index is 1.84. The minimum absolute atomic E-state index is 0.0545. The fraction of sp³-hybridized carbons (Fsp3) is 0.300. The number of carbonyl (C=O) groups excluding carboxylic acids is 2. The largest absolute Gasteiger partial charge is 0.329 e. The number of halogens is 1. The van der Waals surface area contributed by atoms with E-state index in [9.17, 15) is 14.0 Å². The molecule has 1 atom stereocenters. The summed E-state index contributed by atoms with van der Waals surface area (Å²) >= 11 is 0. The minimum Gasteiger partial charge on any atom is -0.329 e. The van der Waals surface area contributed by atoms with Crippen LogP contribution in [0.4, 0.5) is 4.39 Å². The monoisotopic (exact) mass is 340 g/mol. The molecule has 0 spiro atoms. The zero-order valence-corrected chi connectivity index (χ0v) is 14.2. The molecular weight excluding hydrogens is 319 g/mol. The maximum Gasteiger partial charge on any atom is 0.254 e. The predicted octanol–water partition coefficient (Wildman–Crippen LogP) is 3.21. The fourth-order valence-electron chi connectivity index (χ4n) is 3.13. The normalized spacial score (nSPS) is 17.4. The van der Waals surface area contributed by atoms with Crippen molar-refractivity contribution in [3.8, 4) is 0 Å². The lowest BCUT2D eigenvalue weighted by Gasteiger charge is -2.36. The summed E-state index contributed by atoms with van der Waals surface area (Å²) < 4.78 is 13.6. The first kappa shape index (κ1) is 17.3. The van der Waals surface area contributed by atoms with E-state index < -0.39 is 0 Å². The predicted molar refractivity (Wildman–Crippen MR) is 94.1 cm³/mol. The average Bonchev–Trinajstić information content (AvgIpc) is 2.67. The van der Waals surface area contributed by atoms with Crippen LogP contribution < -0.4 is 5.32 Å². The molecular formula is C20H21FN2O2. The molecule has 1 aliphatic heterocycles. The molecule has 0 aromatic heterocycles. The number of ketones is 1. The maximum atomic E-state index is 13.6. The molecule has 1 amide bonds. The molecule has 0 saturated carbocycles. The van der Waals surface area contributed by atoms with Crippen molar-refractivity contribution in [2.24, 2.45) is 0 Å². The second-order valence-electron chi connectivity index (χ2n) is 6.13. The number of Topliss-reactive ketones (excluding diaryl/α,β-unsaturated/α-hetero) is 1. The lowest BCUT2D eigenvalue weighted by Crippen LogP contribution is -2.48. The van der Waals surface area contributed by atoms with E-state index in [-0.39, 0.29) is 23.5 Å². The van der Waals surface area contributed by atoms with Crippen LogP contribution in [-0.4, -0.2) is 36.2 Å². The first-order valence-electron chi connectivity index (χ1n) is 8.50. The highest BCUT2D eigenvalue weighted by molar-refractivity contribution is 5.98. The lowest BCUT2D eigenvalue weighted by atomic mass is 10.0. The quantitative estimate of drug-likeness (QED) is 0.870. The highest BCUT2D eigenvalue weighted by atomic mass is 19.1. The van der Waals surface area contributed by atoms with Crippen LogP contribution in [0.1, 0.15) is 45.7 Å². The third kappa shape index (κ3) is 3.77. The maximum absolute atomic E-state index is 13.6. The highest BCUT2D eigenvalue weighted by Gasteiger charge is 2.28. The van der Waals surface area contributed by atoms with E-state index in [1.807, 2.05) is 13.0 Å². The number of hydrogen-bond acceptors (Lipinski definition) is 3. The Labute approximate surface area is 146 Å². The molecule has 0 bridgehead atoms. The van der Waals surface area contributed by atoms with Gasteiger partial charge in [0.2, 0.25) is 0 Å². The van der Waals surface area contributed by atoms with Gasteiger partial charge in [0.15, 0.2) is 5.78 Å². The van der Waals surface area contributed by atoms with Crippen molar-refractivity contribution in [1.29, 1.82) is 0 Å². The van der Waals surface area contributed by atoms with Crippen LogP contribution in [-0.2, 0) is 0 Å². The Kier molecular flexibility index (Phi) is 5.24. The van der Waals surface area contributed by atoms with E-state index in [2.05, 4.69) is 5.32 Å². The van der Waals surface area contributed by atoms with Crippen LogP contribution in [0, 0.1) is 5.82 Å². The van der Waals surface area contributed by atoms with Crippen molar-refractivity contribution < 1.29 is 14.0 Å². The summed E-state index contributed by atoms with van der Waals surface area (Å²) in [4.78, 5) is 26.4. The summed E-state index contributed by atoms with van der Waals surface area (Å²) in [7, 11) is 0. The first-order chi connectivity index (χ1) is 12.1. The molecule has 3 rings (SSSR count). The van der Waals surface area contributed by atoms with E-state index >= 15 is 0 Å². The number of nitrogens with zero attached hydrogens (tertiary/aromatic N) is 1. The van der Waals surface area contributed by atoms with Gasteiger partial charge in [-0.3, -0.25) is 9.59 Å². The first-order valence-corrected chi connectivity index (χ1v) is 8.50. The van der Waals surface area contributed by atoms with Crippen LogP contribution in [0.5, 0.6) is 0 Å². The Morgan fingerprint density at radius 2 is 1.88 bits per heavy atom. The number of carbonyl (C=O) groups is 2. The molecule has 0 radical (unpaired) electrons. The van der Waals surface area contributed by atoms with Gasteiger partial charge in [-0.2, -0.15) is 0 Å². The van der Waals surface area contributed by atoms with Crippen molar-refractivity contribution >= 4 is 11.7 Å². The van der Waals surface area contributed by atoms with Gasteiger partial charge in [-0.25, -0.2) is 4.39 Å². The summed E-state index contributed by atoms with van der Waals surface area (Å²) in [6.07, 6.45) is 0.437. The second-order valence-corrected chi connectivity index (χ2v) is 6.13. The van der Waals surface area contributed by atoms with Crippen LogP contribution in [0.3, 0.4) is 0 Å². The van der Waals surface area contributed by atoms with Gasteiger partial charge < -0.3 is 10.2 Å². The fourth-order valence-corrected chi connectivity index (χ4v) is 3.13. The Bertz CT molecular complexity index is 774. The van der Waals surface area contributed by atoms with Gasteiger partial charge in [-0.05, 0) is 29.8 Å². The van der Waals surface area contributed by atoms with Gasteiger partial charge in [-0.1, -0.05) is 31.2 Å². The van der Waals surface area contributed by atoms with Gasteiger partial charge in [0.1, 0.15) is 5.82 Å². The summed E-state index contributed by atoms with van der Waals surface area (Å²) in [5, 5.41) is 3.26. The van der Waals surface area contributed by atoms with Crippen LogP contribution in [0.15, 0.2) is 48.5 Å². The molecule has 1 fully saturated rings. The van der Waals surface area contributed by atoms with Crippen LogP contribution in [0.25, 0.3) is 0 Å². The van der Waals surface area contributed by atoms with Crippen molar-refractivity contribution in [3.05, 3.63) is 71.0 Å². The molecule has 130 valence electrons. The van der Waals surface area contributed by atoms with Crippen molar-refractivity contribution in [2.45, 2.75) is 19.4 Å². The summed E-state index contributed by atoms with van der Waals surface area (Å²) in [6, 6.07) is 12.9. The number of benzene rings is 2. The molecule has 2 aromatic carbocycles. The van der Waals surface area contributed by atoms with Crippen molar-refractivity contribution in [3.63, 3.8) is 0 Å².